The first-order valence-corrected chi connectivity index (χ1v) is 5.55. The van der Waals surface area contributed by atoms with E-state index < -0.39 is 0 Å². The molecule has 1 atom stereocenters. The predicted molar refractivity (Wildman–Crippen MR) is 58.0 cm³/mol. The molecule has 0 aliphatic heterocycles. The van der Waals surface area contributed by atoms with Crippen LogP contribution in [-0.2, 0) is 6.54 Å². The molecule has 0 N–H and O–H groups in total. The van der Waals surface area contributed by atoms with Crippen molar-refractivity contribution in [3.63, 3.8) is 0 Å². The Morgan fingerprint density at radius 1 is 1.71 bits per heavy atom. The summed E-state index contributed by atoms with van der Waals surface area (Å²) in [5.41, 5.74) is 2.93. The molecule has 1 rings (SSSR count). The number of hydrogen-bond acceptors (Lipinski definition) is 4. The molecule has 0 spiro atoms. The molecule has 1 unspecified atom stereocenters. The molecule has 0 aromatic carbocycles. The fraction of sp³-hybridized carbons (Fsp3) is 0.600. The quantitative estimate of drug-likeness (QED) is 0.763. The molecule has 3 nitrogen and oxygen atoms in total. The van der Waals surface area contributed by atoms with Gasteiger partial charge < -0.3 is 0 Å². The summed E-state index contributed by atoms with van der Waals surface area (Å²) in [4.78, 5) is 7.51. The third-order valence-corrected chi connectivity index (χ3v) is 3.23. The molecule has 1 aromatic heterocycles. The van der Waals surface area contributed by atoms with Crippen LogP contribution in [0.3, 0.4) is 0 Å². The molecule has 1 aromatic rings. The summed E-state index contributed by atoms with van der Waals surface area (Å²) < 4.78 is 0. The molecule has 4 heteroatoms. The molecule has 1 heterocycles. The Morgan fingerprint density at radius 2 is 2.43 bits per heavy atom. The first-order valence-electron chi connectivity index (χ1n) is 4.67. The number of aromatic nitrogens is 1. The summed E-state index contributed by atoms with van der Waals surface area (Å²) in [6, 6.07) is 2.30. The molecule has 14 heavy (non-hydrogen) atoms. The molecular weight excluding hydrogens is 194 g/mol. The average molecular weight is 209 g/mol. The third-order valence-electron chi connectivity index (χ3n) is 2.31. The van der Waals surface area contributed by atoms with E-state index in [0.717, 1.165) is 18.7 Å². The zero-order valence-corrected chi connectivity index (χ0v) is 9.64. The fourth-order valence-electron chi connectivity index (χ4n) is 1.32. The largest absolute Gasteiger partial charge is 0.286 e. The Morgan fingerprint density at radius 3 is 2.86 bits per heavy atom. The van der Waals surface area contributed by atoms with Gasteiger partial charge in [0, 0.05) is 11.4 Å². The number of rotatable bonds is 4. The molecule has 0 aliphatic rings. The lowest BCUT2D eigenvalue weighted by Crippen LogP contribution is -2.29. The lowest BCUT2D eigenvalue weighted by Gasteiger charge is -2.20. The van der Waals surface area contributed by atoms with Gasteiger partial charge in [-0.25, -0.2) is 4.98 Å². The van der Waals surface area contributed by atoms with Gasteiger partial charge in [0.25, 0.3) is 0 Å². The van der Waals surface area contributed by atoms with Crippen LogP contribution in [-0.4, -0.2) is 23.0 Å². The van der Waals surface area contributed by atoms with Crippen LogP contribution in [0, 0.1) is 18.3 Å². The Bertz CT molecular complexity index is 326. The summed E-state index contributed by atoms with van der Waals surface area (Å²) in [7, 11) is 1.98. The predicted octanol–water partition coefficient (Wildman–Crippen LogP) is 2.19. The Hall–Kier alpha value is -0.920. The van der Waals surface area contributed by atoms with E-state index in [2.05, 4.69) is 16.0 Å². The van der Waals surface area contributed by atoms with Gasteiger partial charge in [-0.05, 0) is 20.4 Å². The van der Waals surface area contributed by atoms with E-state index in [4.69, 9.17) is 5.26 Å². The minimum Gasteiger partial charge on any atom is -0.286 e. The minimum absolute atomic E-state index is 0.0106. The van der Waals surface area contributed by atoms with Crippen LogP contribution in [0.15, 0.2) is 5.51 Å². The number of thiazole rings is 1. The monoisotopic (exact) mass is 209 g/mol. The second-order valence-electron chi connectivity index (χ2n) is 3.33. The summed E-state index contributed by atoms with van der Waals surface area (Å²) >= 11 is 1.65. The molecular formula is C10H15N3S. The maximum atomic E-state index is 8.89. The second-order valence-corrected chi connectivity index (χ2v) is 4.27. The van der Waals surface area contributed by atoms with Gasteiger partial charge in [0.2, 0.25) is 0 Å². The van der Waals surface area contributed by atoms with Gasteiger partial charge in [0.1, 0.15) is 0 Å². The molecule has 0 saturated heterocycles. The van der Waals surface area contributed by atoms with Crippen molar-refractivity contribution < 1.29 is 0 Å². The Labute approximate surface area is 89.0 Å². The normalized spacial score (nSPS) is 12.8. The van der Waals surface area contributed by atoms with Crippen LogP contribution in [0.5, 0.6) is 0 Å². The van der Waals surface area contributed by atoms with Crippen LogP contribution < -0.4 is 0 Å². The van der Waals surface area contributed by atoms with Gasteiger partial charge in [-0.2, -0.15) is 5.26 Å². The van der Waals surface area contributed by atoms with Crippen molar-refractivity contribution in [2.45, 2.75) is 32.9 Å². The van der Waals surface area contributed by atoms with E-state index in [9.17, 15) is 0 Å². The van der Waals surface area contributed by atoms with E-state index >= 15 is 0 Å². The van der Waals surface area contributed by atoms with Gasteiger partial charge in [-0.1, -0.05) is 6.92 Å². The first-order chi connectivity index (χ1) is 6.69. The van der Waals surface area contributed by atoms with Crippen molar-refractivity contribution in [2.75, 3.05) is 7.05 Å². The summed E-state index contributed by atoms with van der Waals surface area (Å²) in [6.45, 7) is 4.86. The molecule has 76 valence electrons. The molecule has 0 aliphatic carbocycles. The van der Waals surface area contributed by atoms with E-state index in [1.807, 2.05) is 26.4 Å². The van der Waals surface area contributed by atoms with Crippen LogP contribution in [0.2, 0.25) is 0 Å². The fourth-order valence-corrected chi connectivity index (χ4v) is 2.16. The van der Waals surface area contributed by atoms with Crippen LogP contribution in [0.1, 0.15) is 23.9 Å². The van der Waals surface area contributed by atoms with Crippen molar-refractivity contribution in [3.05, 3.63) is 16.1 Å². The van der Waals surface area contributed by atoms with Crippen molar-refractivity contribution in [1.29, 1.82) is 5.26 Å². The number of nitrogens with zero attached hydrogens (tertiary/aromatic N) is 3. The third kappa shape index (κ3) is 2.53. The van der Waals surface area contributed by atoms with Crippen LogP contribution >= 0.6 is 11.3 Å². The van der Waals surface area contributed by atoms with Crippen molar-refractivity contribution in [2.24, 2.45) is 0 Å². The number of nitriles is 1. The van der Waals surface area contributed by atoms with E-state index in [-0.39, 0.29) is 6.04 Å². The van der Waals surface area contributed by atoms with Gasteiger partial charge in [-0.3, -0.25) is 4.90 Å². The zero-order valence-electron chi connectivity index (χ0n) is 8.82. The SMILES string of the molecule is CCC(C#N)N(C)Cc1scnc1C. The molecule has 0 bridgehead atoms. The van der Waals surface area contributed by atoms with E-state index in [1.165, 1.54) is 4.88 Å². The van der Waals surface area contributed by atoms with Crippen molar-refractivity contribution in [3.8, 4) is 6.07 Å². The van der Waals surface area contributed by atoms with Gasteiger partial charge in [0.15, 0.2) is 0 Å². The van der Waals surface area contributed by atoms with Crippen LogP contribution in [0.4, 0.5) is 0 Å². The maximum Gasteiger partial charge on any atom is 0.0975 e. The Kier molecular flexibility index (Phi) is 4.05. The topological polar surface area (TPSA) is 39.9 Å². The van der Waals surface area contributed by atoms with Crippen molar-refractivity contribution >= 4 is 11.3 Å². The average Bonchev–Trinajstić information content (AvgIpc) is 2.54. The van der Waals surface area contributed by atoms with Gasteiger partial charge >= 0.3 is 0 Å². The molecule has 0 amide bonds. The minimum atomic E-state index is 0.0106. The van der Waals surface area contributed by atoms with E-state index in [0.29, 0.717) is 0 Å². The van der Waals surface area contributed by atoms with Crippen LogP contribution in [0.25, 0.3) is 0 Å². The Balaban J connectivity index is 2.61. The lowest BCUT2D eigenvalue weighted by molar-refractivity contribution is 0.275. The second kappa shape index (κ2) is 5.08. The number of aryl methyl sites for hydroxylation is 1. The first kappa shape index (κ1) is 11.2. The zero-order chi connectivity index (χ0) is 10.6. The highest BCUT2D eigenvalue weighted by Crippen LogP contribution is 2.15. The molecule has 0 fully saturated rings. The molecule has 0 saturated carbocycles. The van der Waals surface area contributed by atoms with Gasteiger partial charge in [-0.15, -0.1) is 11.3 Å². The smallest absolute Gasteiger partial charge is 0.0975 e. The summed E-state index contributed by atoms with van der Waals surface area (Å²) in [5.74, 6) is 0. The highest BCUT2D eigenvalue weighted by molar-refractivity contribution is 7.09. The maximum absolute atomic E-state index is 8.89. The standard InChI is InChI=1S/C10H15N3S/c1-4-9(5-11)13(3)6-10-8(2)12-7-14-10/h7,9H,4,6H2,1-3H3. The lowest BCUT2D eigenvalue weighted by atomic mass is 10.2. The summed E-state index contributed by atoms with van der Waals surface area (Å²) in [6.07, 6.45) is 0.866. The molecule has 0 radical (unpaired) electrons. The van der Waals surface area contributed by atoms with Crippen molar-refractivity contribution in [1.82, 2.24) is 9.88 Å². The van der Waals surface area contributed by atoms with Gasteiger partial charge in [0.05, 0.1) is 23.3 Å². The summed E-state index contributed by atoms with van der Waals surface area (Å²) in [5, 5.41) is 8.89. The number of hydrogen-bond donors (Lipinski definition) is 0. The van der Waals surface area contributed by atoms with E-state index in [1.54, 1.807) is 11.3 Å². The highest BCUT2D eigenvalue weighted by Gasteiger charge is 2.13. The highest BCUT2D eigenvalue weighted by atomic mass is 32.1.